The lowest BCUT2D eigenvalue weighted by Crippen LogP contribution is -2.05. The van der Waals surface area contributed by atoms with Gasteiger partial charge in [-0.1, -0.05) is 6.92 Å². The lowest BCUT2D eigenvalue weighted by Gasteiger charge is -2.07. The van der Waals surface area contributed by atoms with Gasteiger partial charge >= 0.3 is 0 Å². The van der Waals surface area contributed by atoms with Crippen LogP contribution in [0.1, 0.15) is 32.6 Å². The van der Waals surface area contributed by atoms with Crippen molar-refractivity contribution in [3.63, 3.8) is 0 Å². The van der Waals surface area contributed by atoms with E-state index in [1.54, 1.807) is 16.0 Å². The Kier molecular flexibility index (Phi) is 3.66. The van der Waals surface area contributed by atoms with E-state index in [1.807, 2.05) is 11.4 Å². The standard InChI is InChI=1S/C12H14N6S2/c1-4-9-13-10-8(5-6-19-10)11(14-9)20-12-15-16-17-18(12)7(2)3/h5-7H,4H2,1-3H3. The minimum absolute atomic E-state index is 0.220. The summed E-state index contributed by atoms with van der Waals surface area (Å²) in [5.74, 6) is 0.853. The first-order valence-electron chi connectivity index (χ1n) is 6.39. The van der Waals surface area contributed by atoms with Gasteiger partial charge in [0.15, 0.2) is 0 Å². The zero-order valence-electron chi connectivity index (χ0n) is 11.4. The summed E-state index contributed by atoms with van der Waals surface area (Å²) in [7, 11) is 0. The number of hydrogen-bond acceptors (Lipinski definition) is 7. The van der Waals surface area contributed by atoms with E-state index in [2.05, 4.69) is 46.3 Å². The summed E-state index contributed by atoms with van der Waals surface area (Å²) in [5, 5.41) is 16.6. The Morgan fingerprint density at radius 3 is 2.95 bits per heavy atom. The minimum atomic E-state index is 0.220. The Bertz CT molecular complexity index is 732. The van der Waals surface area contributed by atoms with Crippen LogP contribution in [-0.4, -0.2) is 30.2 Å². The molecule has 0 radical (unpaired) electrons. The monoisotopic (exact) mass is 306 g/mol. The van der Waals surface area contributed by atoms with Gasteiger partial charge in [0.25, 0.3) is 0 Å². The SMILES string of the molecule is CCc1nc(Sc2nnnn2C(C)C)c2ccsc2n1. The third-order valence-corrected chi connectivity index (χ3v) is 4.55. The smallest absolute Gasteiger partial charge is 0.215 e. The molecule has 3 aromatic rings. The quantitative estimate of drug-likeness (QED) is 0.690. The molecule has 0 unspecified atom stereocenters. The first-order valence-corrected chi connectivity index (χ1v) is 8.08. The lowest BCUT2D eigenvalue weighted by molar-refractivity contribution is 0.477. The van der Waals surface area contributed by atoms with Crippen LogP contribution in [0.15, 0.2) is 21.6 Å². The van der Waals surface area contributed by atoms with Gasteiger partial charge in [-0.05, 0) is 47.5 Å². The van der Waals surface area contributed by atoms with E-state index in [4.69, 9.17) is 0 Å². The molecule has 104 valence electrons. The Morgan fingerprint density at radius 1 is 1.35 bits per heavy atom. The van der Waals surface area contributed by atoms with Crippen molar-refractivity contribution in [3.8, 4) is 0 Å². The average Bonchev–Trinajstić information content (AvgIpc) is 3.06. The first-order chi connectivity index (χ1) is 9.69. The molecule has 3 heterocycles. The molecule has 20 heavy (non-hydrogen) atoms. The zero-order chi connectivity index (χ0) is 14.1. The third-order valence-electron chi connectivity index (χ3n) is 2.79. The van der Waals surface area contributed by atoms with Gasteiger partial charge in [0, 0.05) is 11.8 Å². The summed E-state index contributed by atoms with van der Waals surface area (Å²) in [5.41, 5.74) is 0. The number of tetrazole rings is 1. The third kappa shape index (κ3) is 2.40. The van der Waals surface area contributed by atoms with E-state index in [0.717, 1.165) is 32.6 Å². The van der Waals surface area contributed by atoms with Crippen molar-refractivity contribution in [2.45, 2.75) is 43.4 Å². The molecule has 0 saturated carbocycles. The Morgan fingerprint density at radius 2 is 2.20 bits per heavy atom. The number of thiophene rings is 1. The van der Waals surface area contributed by atoms with Crippen molar-refractivity contribution in [1.29, 1.82) is 0 Å². The number of aromatic nitrogens is 6. The van der Waals surface area contributed by atoms with Crippen LogP contribution in [0.3, 0.4) is 0 Å². The second kappa shape index (κ2) is 5.45. The predicted molar refractivity (Wildman–Crippen MR) is 79.1 cm³/mol. The van der Waals surface area contributed by atoms with E-state index < -0.39 is 0 Å². The number of rotatable bonds is 4. The molecule has 0 spiro atoms. The van der Waals surface area contributed by atoms with E-state index in [1.165, 1.54) is 11.8 Å². The summed E-state index contributed by atoms with van der Waals surface area (Å²) in [6, 6.07) is 2.27. The van der Waals surface area contributed by atoms with Gasteiger partial charge in [0.1, 0.15) is 15.7 Å². The highest BCUT2D eigenvalue weighted by molar-refractivity contribution is 7.99. The van der Waals surface area contributed by atoms with E-state index in [0.29, 0.717) is 0 Å². The molecule has 3 rings (SSSR count). The van der Waals surface area contributed by atoms with Crippen LogP contribution in [0.4, 0.5) is 0 Å². The molecule has 0 aliphatic heterocycles. The average molecular weight is 306 g/mol. The molecule has 0 aliphatic rings. The first kappa shape index (κ1) is 13.4. The number of hydrogen-bond donors (Lipinski definition) is 0. The molecular formula is C12H14N6S2. The van der Waals surface area contributed by atoms with Crippen LogP contribution in [-0.2, 0) is 6.42 Å². The highest BCUT2D eigenvalue weighted by Gasteiger charge is 2.15. The maximum Gasteiger partial charge on any atom is 0.215 e. The van der Waals surface area contributed by atoms with Gasteiger partial charge in [-0.2, -0.15) is 0 Å². The van der Waals surface area contributed by atoms with Gasteiger partial charge in [-0.15, -0.1) is 16.4 Å². The fraction of sp³-hybridized carbons (Fsp3) is 0.417. The van der Waals surface area contributed by atoms with Crippen LogP contribution < -0.4 is 0 Å². The summed E-state index contributed by atoms with van der Waals surface area (Å²) < 4.78 is 1.80. The fourth-order valence-corrected chi connectivity index (χ4v) is 3.63. The number of nitrogens with zero attached hydrogens (tertiary/aromatic N) is 6. The van der Waals surface area contributed by atoms with Crippen LogP contribution in [0.2, 0.25) is 0 Å². The van der Waals surface area contributed by atoms with Gasteiger partial charge < -0.3 is 0 Å². The minimum Gasteiger partial charge on any atom is -0.225 e. The van der Waals surface area contributed by atoms with Crippen molar-refractivity contribution >= 4 is 33.3 Å². The van der Waals surface area contributed by atoms with Gasteiger partial charge in [-0.25, -0.2) is 14.6 Å². The highest BCUT2D eigenvalue weighted by Crippen LogP contribution is 2.33. The number of fused-ring (bicyclic) bond motifs is 1. The fourth-order valence-electron chi connectivity index (χ4n) is 1.77. The topological polar surface area (TPSA) is 69.4 Å². The summed E-state index contributed by atoms with van der Waals surface area (Å²) in [6.07, 6.45) is 0.816. The second-order valence-corrected chi connectivity index (χ2v) is 6.39. The van der Waals surface area contributed by atoms with Crippen LogP contribution in [0.5, 0.6) is 0 Å². The lowest BCUT2D eigenvalue weighted by atomic mass is 10.4. The molecule has 0 N–H and O–H groups in total. The number of aryl methyl sites for hydroxylation is 1. The second-order valence-electron chi connectivity index (χ2n) is 4.54. The van der Waals surface area contributed by atoms with Crippen molar-refractivity contribution < 1.29 is 0 Å². The maximum absolute atomic E-state index is 4.62. The van der Waals surface area contributed by atoms with Crippen molar-refractivity contribution in [2.75, 3.05) is 0 Å². The largest absolute Gasteiger partial charge is 0.225 e. The molecule has 0 bridgehead atoms. The van der Waals surface area contributed by atoms with Crippen LogP contribution in [0.25, 0.3) is 10.2 Å². The highest BCUT2D eigenvalue weighted by atomic mass is 32.2. The molecular weight excluding hydrogens is 292 g/mol. The van der Waals surface area contributed by atoms with Crippen LogP contribution >= 0.6 is 23.1 Å². The Hall–Kier alpha value is -1.54. The molecule has 0 aliphatic carbocycles. The van der Waals surface area contributed by atoms with Crippen molar-refractivity contribution in [1.82, 2.24) is 30.2 Å². The van der Waals surface area contributed by atoms with Gasteiger partial charge in [0.2, 0.25) is 5.16 Å². The predicted octanol–water partition coefficient (Wildman–Crippen LogP) is 2.97. The van der Waals surface area contributed by atoms with Crippen molar-refractivity contribution in [2.24, 2.45) is 0 Å². The van der Waals surface area contributed by atoms with E-state index in [-0.39, 0.29) is 6.04 Å². The molecule has 3 aromatic heterocycles. The van der Waals surface area contributed by atoms with E-state index >= 15 is 0 Å². The normalized spacial score (nSPS) is 11.6. The molecule has 0 aromatic carbocycles. The zero-order valence-corrected chi connectivity index (χ0v) is 13.1. The summed E-state index contributed by atoms with van der Waals surface area (Å²) >= 11 is 3.13. The Balaban J connectivity index is 2.05. The van der Waals surface area contributed by atoms with E-state index in [9.17, 15) is 0 Å². The summed E-state index contributed by atoms with van der Waals surface area (Å²) in [4.78, 5) is 10.2. The van der Waals surface area contributed by atoms with Gasteiger partial charge in [0.05, 0.1) is 6.04 Å². The van der Waals surface area contributed by atoms with Crippen LogP contribution in [0, 0.1) is 0 Å². The van der Waals surface area contributed by atoms with Crippen molar-refractivity contribution in [3.05, 3.63) is 17.3 Å². The molecule has 0 fully saturated rings. The molecule has 0 atom stereocenters. The summed E-state index contributed by atoms with van der Waals surface area (Å²) in [6.45, 7) is 6.16. The van der Waals surface area contributed by atoms with Gasteiger partial charge in [-0.3, -0.25) is 0 Å². The molecule has 6 nitrogen and oxygen atoms in total. The Labute approximate surface area is 124 Å². The molecule has 0 amide bonds. The molecule has 0 saturated heterocycles. The maximum atomic E-state index is 4.62. The molecule has 8 heteroatoms.